The molecule has 0 radical (unpaired) electrons. The van der Waals surface area contributed by atoms with Crippen molar-refractivity contribution < 1.29 is 36.2 Å². The predicted octanol–water partition coefficient (Wildman–Crippen LogP) is 6.18. The third kappa shape index (κ3) is 4.98. The van der Waals surface area contributed by atoms with Crippen LogP contribution in [0.5, 0.6) is 6.01 Å². The standard InChI is InChI=1S/C31H28F6N6O2S/c32-15-10-30(6-2-8-43(30)12-15)14-45-29-40-25-18(28(41-29)42-7-1-3-16(44)13-42)9-20(31(35,36)37)23(24(25)34)17-4-5-21(33)26-22(17)19(11-38)27(39)46-26/h4-5,9,15-16,44H,1-3,6-8,10,12-14,39H2/t15-,16+,30+/m1/s1. The summed E-state index contributed by atoms with van der Waals surface area (Å²) in [5, 5.41) is 19.5. The van der Waals surface area contributed by atoms with Crippen LogP contribution in [0.4, 0.5) is 37.2 Å². The number of aromatic nitrogens is 2. The number of aliphatic hydroxyl groups is 1. The van der Waals surface area contributed by atoms with Crippen LogP contribution >= 0.6 is 11.3 Å². The third-order valence-electron chi connectivity index (χ3n) is 9.32. The number of benzene rings is 2. The molecule has 5 heterocycles. The van der Waals surface area contributed by atoms with Crippen LogP contribution in [0, 0.1) is 23.0 Å². The third-order valence-corrected chi connectivity index (χ3v) is 10.3. The second kappa shape index (κ2) is 11.1. The van der Waals surface area contributed by atoms with Crippen molar-refractivity contribution in [3.05, 3.63) is 41.0 Å². The van der Waals surface area contributed by atoms with Gasteiger partial charge in [0, 0.05) is 42.4 Å². The zero-order chi connectivity index (χ0) is 32.5. The molecule has 7 rings (SSSR count). The van der Waals surface area contributed by atoms with Gasteiger partial charge in [0.15, 0.2) is 5.82 Å². The van der Waals surface area contributed by atoms with E-state index in [0.29, 0.717) is 43.7 Å². The molecule has 3 fully saturated rings. The molecule has 0 aliphatic carbocycles. The van der Waals surface area contributed by atoms with Gasteiger partial charge in [0.1, 0.15) is 41.0 Å². The van der Waals surface area contributed by atoms with E-state index in [1.807, 2.05) is 11.0 Å². The zero-order valence-corrected chi connectivity index (χ0v) is 25.1. The minimum Gasteiger partial charge on any atom is -0.461 e. The number of hydrogen-bond acceptors (Lipinski definition) is 9. The monoisotopic (exact) mass is 662 g/mol. The van der Waals surface area contributed by atoms with E-state index in [-0.39, 0.29) is 69.5 Å². The highest BCUT2D eigenvalue weighted by Crippen LogP contribution is 2.48. The van der Waals surface area contributed by atoms with Crippen LogP contribution in [0.15, 0.2) is 18.2 Å². The van der Waals surface area contributed by atoms with Crippen LogP contribution in [0.3, 0.4) is 0 Å². The highest BCUT2D eigenvalue weighted by molar-refractivity contribution is 7.23. The van der Waals surface area contributed by atoms with E-state index >= 15 is 4.39 Å². The van der Waals surface area contributed by atoms with Crippen molar-refractivity contribution in [2.75, 3.05) is 43.4 Å². The van der Waals surface area contributed by atoms with Crippen LogP contribution in [0.2, 0.25) is 0 Å². The number of hydrogen-bond donors (Lipinski definition) is 2. The highest BCUT2D eigenvalue weighted by Gasteiger charge is 2.49. The number of halogens is 6. The van der Waals surface area contributed by atoms with Crippen LogP contribution in [-0.4, -0.2) is 70.6 Å². The van der Waals surface area contributed by atoms with E-state index in [4.69, 9.17) is 10.5 Å². The molecular formula is C31H28F6N6O2S. The minimum atomic E-state index is -5.09. The number of anilines is 2. The fourth-order valence-electron chi connectivity index (χ4n) is 7.29. The number of fused-ring (bicyclic) bond motifs is 3. The van der Waals surface area contributed by atoms with Gasteiger partial charge in [0.05, 0.1) is 27.5 Å². The molecule has 3 atom stereocenters. The largest absolute Gasteiger partial charge is 0.461 e. The van der Waals surface area contributed by atoms with E-state index in [0.717, 1.165) is 24.6 Å². The SMILES string of the molecule is N#Cc1c(N)sc2c(F)ccc(-c3c(C(F)(F)F)cc4c(N5CCC[C@H](O)C5)nc(OC[C@@]56CCCN5C[C@H](F)C6)nc4c3F)c12. The molecule has 3 aliphatic rings. The van der Waals surface area contributed by atoms with E-state index in [1.54, 1.807) is 4.90 Å². The first-order valence-electron chi connectivity index (χ1n) is 14.9. The lowest BCUT2D eigenvalue weighted by Gasteiger charge is -2.33. The molecule has 2 aromatic heterocycles. The first kappa shape index (κ1) is 30.8. The Labute approximate surface area is 263 Å². The van der Waals surface area contributed by atoms with Crippen molar-refractivity contribution in [2.24, 2.45) is 0 Å². The van der Waals surface area contributed by atoms with Crippen molar-refractivity contribution in [3.8, 4) is 23.2 Å². The molecule has 3 N–H and O–H groups in total. The molecule has 242 valence electrons. The van der Waals surface area contributed by atoms with Crippen molar-refractivity contribution >= 4 is 43.1 Å². The number of nitrogens with zero attached hydrogens (tertiary/aromatic N) is 5. The Bertz CT molecular complexity index is 1910. The molecule has 0 amide bonds. The number of nitrogen functional groups attached to an aromatic ring is 1. The highest BCUT2D eigenvalue weighted by atomic mass is 32.1. The summed E-state index contributed by atoms with van der Waals surface area (Å²) in [6.07, 6.45) is -4.18. The maximum atomic E-state index is 16.9. The van der Waals surface area contributed by atoms with Gasteiger partial charge < -0.3 is 20.5 Å². The fourth-order valence-corrected chi connectivity index (χ4v) is 8.24. The summed E-state index contributed by atoms with van der Waals surface area (Å²) in [4.78, 5) is 12.3. The lowest BCUT2D eigenvalue weighted by Crippen LogP contribution is -2.43. The van der Waals surface area contributed by atoms with Crippen molar-refractivity contribution in [3.63, 3.8) is 0 Å². The van der Waals surface area contributed by atoms with Gasteiger partial charge in [-0.25, -0.2) is 13.2 Å². The second-order valence-corrected chi connectivity index (χ2v) is 13.2. The average molecular weight is 663 g/mol. The summed E-state index contributed by atoms with van der Waals surface area (Å²) in [6, 6.07) is 4.14. The van der Waals surface area contributed by atoms with Crippen molar-refractivity contribution in [1.29, 1.82) is 5.26 Å². The van der Waals surface area contributed by atoms with Gasteiger partial charge in [-0.3, -0.25) is 4.90 Å². The first-order chi connectivity index (χ1) is 21.9. The molecule has 3 aliphatic heterocycles. The molecule has 15 heteroatoms. The zero-order valence-electron chi connectivity index (χ0n) is 24.3. The summed E-state index contributed by atoms with van der Waals surface area (Å²) in [5.74, 6) is -2.24. The maximum absolute atomic E-state index is 16.9. The Morgan fingerprint density at radius 1 is 1.17 bits per heavy atom. The number of rotatable bonds is 5. The summed E-state index contributed by atoms with van der Waals surface area (Å²) in [7, 11) is 0. The normalized spacial score (nSPS) is 23.7. The molecular weight excluding hydrogens is 634 g/mol. The number of piperidine rings is 1. The van der Waals surface area contributed by atoms with Gasteiger partial charge in [0.2, 0.25) is 0 Å². The number of β-amino-alcohol motifs (C(OH)–C–C–N with tert-alkyl or cyclic N) is 1. The summed E-state index contributed by atoms with van der Waals surface area (Å²) >= 11 is 0.681. The Balaban J connectivity index is 1.46. The van der Waals surface area contributed by atoms with Gasteiger partial charge >= 0.3 is 12.2 Å². The Kier molecular flexibility index (Phi) is 7.45. The molecule has 0 bridgehead atoms. The summed E-state index contributed by atoms with van der Waals surface area (Å²) in [5.41, 5.74) is 1.89. The quantitative estimate of drug-likeness (QED) is 0.244. The van der Waals surface area contributed by atoms with Crippen molar-refractivity contribution in [1.82, 2.24) is 14.9 Å². The van der Waals surface area contributed by atoms with Gasteiger partial charge in [-0.05, 0) is 49.9 Å². The van der Waals surface area contributed by atoms with Crippen LogP contribution < -0.4 is 15.4 Å². The number of nitrogens with two attached hydrogens (primary N) is 1. The van der Waals surface area contributed by atoms with E-state index < -0.39 is 52.3 Å². The van der Waals surface area contributed by atoms with Gasteiger partial charge in [-0.2, -0.15) is 28.4 Å². The van der Waals surface area contributed by atoms with E-state index in [9.17, 15) is 32.3 Å². The van der Waals surface area contributed by atoms with Gasteiger partial charge in [0.25, 0.3) is 0 Å². The molecule has 0 unspecified atom stereocenters. The fraction of sp³-hybridized carbons (Fsp3) is 0.452. The lowest BCUT2D eigenvalue weighted by molar-refractivity contribution is -0.137. The molecule has 4 aromatic rings. The number of ether oxygens (including phenoxy) is 1. The van der Waals surface area contributed by atoms with E-state index in [1.165, 1.54) is 0 Å². The van der Waals surface area contributed by atoms with Gasteiger partial charge in [-0.15, -0.1) is 11.3 Å². The van der Waals surface area contributed by atoms with Crippen LogP contribution in [0.1, 0.15) is 43.2 Å². The Morgan fingerprint density at radius 3 is 2.72 bits per heavy atom. The minimum absolute atomic E-state index is 0.00556. The maximum Gasteiger partial charge on any atom is 0.417 e. The lowest BCUT2D eigenvalue weighted by atomic mass is 9.92. The number of aliphatic hydroxyl groups excluding tert-OH is 1. The smallest absolute Gasteiger partial charge is 0.417 e. The van der Waals surface area contributed by atoms with Crippen LogP contribution in [0.25, 0.3) is 32.1 Å². The molecule has 2 aromatic carbocycles. The summed E-state index contributed by atoms with van der Waals surface area (Å²) in [6.45, 7) is 1.32. The van der Waals surface area contributed by atoms with E-state index in [2.05, 4.69) is 9.97 Å². The predicted molar refractivity (Wildman–Crippen MR) is 160 cm³/mol. The molecule has 3 saturated heterocycles. The number of alkyl halides is 4. The topological polar surface area (TPSA) is 112 Å². The average Bonchev–Trinajstić information content (AvgIpc) is 3.65. The molecule has 46 heavy (non-hydrogen) atoms. The van der Waals surface area contributed by atoms with Gasteiger partial charge in [-0.1, -0.05) is 6.07 Å². The molecule has 8 nitrogen and oxygen atoms in total. The summed E-state index contributed by atoms with van der Waals surface area (Å²) < 4.78 is 96.3. The molecule has 0 saturated carbocycles. The van der Waals surface area contributed by atoms with Crippen molar-refractivity contribution in [2.45, 2.75) is 56.1 Å². The Hall–Kier alpha value is -3.87. The van der Waals surface area contributed by atoms with Crippen LogP contribution in [-0.2, 0) is 6.18 Å². The second-order valence-electron chi connectivity index (χ2n) is 12.2. The number of thiophene rings is 1. The molecule has 0 spiro atoms. The number of nitriles is 1. The Morgan fingerprint density at radius 2 is 1.98 bits per heavy atom. The first-order valence-corrected chi connectivity index (χ1v) is 15.7.